The Morgan fingerprint density at radius 3 is 2.86 bits per heavy atom. The lowest BCUT2D eigenvalue weighted by molar-refractivity contribution is 0.182. The van der Waals surface area contributed by atoms with Gasteiger partial charge in [0.2, 0.25) is 0 Å². The van der Waals surface area contributed by atoms with E-state index in [1.54, 1.807) is 13.3 Å². The van der Waals surface area contributed by atoms with Crippen LogP contribution in [-0.4, -0.2) is 39.3 Å². The van der Waals surface area contributed by atoms with Crippen LogP contribution in [0, 0.1) is 13.8 Å². The van der Waals surface area contributed by atoms with Gasteiger partial charge >= 0.3 is 6.03 Å². The molecule has 0 saturated carbocycles. The van der Waals surface area contributed by atoms with Gasteiger partial charge in [-0.05, 0) is 37.6 Å². The molecule has 2 N–H and O–H groups in total. The fourth-order valence-corrected chi connectivity index (χ4v) is 3.06. The molecule has 2 heterocycles. The summed E-state index contributed by atoms with van der Waals surface area (Å²) in [5.41, 5.74) is 4.78. The molecule has 2 amide bonds. The molecule has 0 atom stereocenters. The predicted molar refractivity (Wildman–Crippen MR) is 107 cm³/mol. The van der Waals surface area contributed by atoms with Gasteiger partial charge < -0.3 is 15.4 Å². The zero-order chi connectivity index (χ0) is 19.9. The number of urea groups is 1. The maximum Gasteiger partial charge on any atom is 0.319 e. The molecule has 1 aromatic carbocycles. The van der Waals surface area contributed by atoms with E-state index in [1.165, 1.54) is 0 Å². The first-order valence-electron chi connectivity index (χ1n) is 9.20. The lowest BCUT2D eigenvalue weighted by Gasteiger charge is -2.10. The number of rotatable bonds is 8. The van der Waals surface area contributed by atoms with Crippen molar-refractivity contribution in [1.82, 2.24) is 24.9 Å². The first kappa shape index (κ1) is 19.6. The number of methoxy groups -OCH3 is 1. The number of amides is 2. The molecular formula is C20H26N6O2. The van der Waals surface area contributed by atoms with Crippen LogP contribution in [0.1, 0.15) is 22.5 Å². The van der Waals surface area contributed by atoms with Crippen LogP contribution in [0.3, 0.4) is 0 Å². The summed E-state index contributed by atoms with van der Waals surface area (Å²) in [5, 5.41) is 14.5. The maximum atomic E-state index is 12.3. The second-order valence-electron chi connectivity index (χ2n) is 6.58. The standard InChI is InChI=1S/C20H26N6O2/c1-15-19(16(2)26(24-15)10-11-28-3)13-21-20(27)23-18-7-4-6-17(12-18)14-25-9-5-8-22-25/h4-9,12H,10-11,13-14H2,1-3H3,(H2,21,23,27). The smallest absolute Gasteiger partial charge is 0.319 e. The van der Waals surface area contributed by atoms with Gasteiger partial charge in [0, 0.05) is 43.0 Å². The number of hydrogen-bond acceptors (Lipinski definition) is 4. The highest BCUT2D eigenvalue weighted by molar-refractivity contribution is 5.89. The van der Waals surface area contributed by atoms with E-state index in [2.05, 4.69) is 20.8 Å². The van der Waals surface area contributed by atoms with E-state index in [1.807, 2.05) is 59.7 Å². The minimum absolute atomic E-state index is 0.250. The number of aryl methyl sites for hydroxylation is 1. The van der Waals surface area contributed by atoms with Crippen molar-refractivity contribution < 1.29 is 9.53 Å². The summed E-state index contributed by atoms with van der Waals surface area (Å²) in [6, 6.07) is 9.37. The number of anilines is 1. The molecule has 3 aromatic rings. The third kappa shape index (κ3) is 4.98. The van der Waals surface area contributed by atoms with Gasteiger partial charge in [-0.15, -0.1) is 0 Å². The van der Waals surface area contributed by atoms with Crippen LogP contribution in [0.4, 0.5) is 10.5 Å². The van der Waals surface area contributed by atoms with Crippen molar-refractivity contribution in [2.75, 3.05) is 19.0 Å². The van der Waals surface area contributed by atoms with Crippen molar-refractivity contribution in [1.29, 1.82) is 0 Å². The molecule has 0 aliphatic rings. The second-order valence-corrected chi connectivity index (χ2v) is 6.58. The quantitative estimate of drug-likeness (QED) is 0.627. The molecule has 3 rings (SSSR count). The van der Waals surface area contributed by atoms with Crippen LogP contribution in [0.5, 0.6) is 0 Å². The van der Waals surface area contributed by atoms with E-state index in [0.717, 1.165) is 28.2 Å². The van der Waals surface area contributed by atoms with Gasteiger partial charge in [0.15, 0.2) is 0 Å². The molecule has 2 aromatic heterocycles. The van der Waals surface area contributed by atoms with E-state index in [-0.39, 0.29) is 6.03 Å². The Morgan fingerprint density at radius 2 is 2.11 bits per heavy atom. The Balaban J connectivity index is 1.57. The van der Waals surface area contributed by atoms with Crippen molar-refractivity contribution in [3.63, 3.8) is 0 Å². The summed E-state index contributed by atoms with van der Waals surface area (Å²) < 4.78 is 8.86. The summed E-state index contributed by atoms with van der Waals surface area (Å²) in [4.78, 5) is 12.3. The number of nitrogens with zero attached hydrogens (tertiary/aromatic N) is 4. The number of benzene rings is 1. The molecule has 8 nitrogen and oxygen atoms in total. The van der Waals surface area contributed by atoms with Gasteiger partial charge in [0.1, 0.15) is 0 Å². The fourth-order valence-electron chi connectivity index (χ4n) is 3.06. The van der Waals surface area contributed by atoms with Crippen LogP contribution in [0.25, 0.3) is 0 Å². The molecular weight excluding hydrogens is 356 g/mol. The number of carbonyl (C=O) groups excluding carboxylic acids is 1. The lowest BCUT2D eigenvalue weighted by Crippen LogP contribution is -2.28. The highest BCUT2D eigenvalue weighted by Gasteiger charge is 2.12. The Kier molecular flexibility index (Phi) is 6.44. The summed E-state index contributed by atoms with van der Waals surface area (Å²) in [5.74, 6) is 0. The van der Waals surface area contributed by atoms with E-state index in [0.29, 0.717) is 26.2 Å². The number of ether oxygens (including phenoxy) is 1. The molecule has 0 bridgehead atoms. The average molecular weight is 382 g/mol. The van der Waals surface area contributed by atoms with Crippen LogP contribution >= 0.6 is 0 Å². The van der Waals surface area contributed by atoms with Gasteiger partial charge in [-0.2, -0.15) is 10.2 Å². The molecule has 0 unspecified atom stereocenters. The number of carbonyl (C=O) groups is 1. The highest BCUT2D eigenvalue weighted by atomic mass is 16.5. The van der Waals surface area contributed by atoms with Crippen molar-refractivity contribution in [3.05, 3.63) is 65.2 Å². The molecule has 0 aliphatic carbocycles. The van der Waals surface area contributed by atoms with Crippen molar-refractivity contribution >= 4 is 11.7 Å². The van der Waals surface area contributed by atoms with Crippen LogP contribution in [0.15, 0.2) is 42.7 Å². The molecule has 8 heteroatoms. The molecule has 0 aliphatic heterocycles. The van der Waals surface area contributed by atoms with E-state index < -0.39 is 0 Å². The van der Waals surface area contributed by atoms with Crippen molar-refractivity contribution in [2.24, 2.45) is 0 Å². The third-order valence-electron chi connectivity index (χ3n) is 4.55. The zero-order valence-corrected chi connectivity index (χ0v) is 16.5. The Labute approximate surface area is 164 Å². The zero-order valence-electron chi connectivity index (χ0n) is 16.5. The molecule has 0 fully saturated rings. The number of hydrogen-bond donors (Lipinski definition) is 2. The molecule has 0 saturated heterocycles. The largest absolute Gasteiger partial charge is 0.383 e. The summed E-state index contributed by atoms with van der Waals surface area (Å²) in [7, 11) is 1.67. The summed E-state index contributed by atoms with van der Waals surface area (Å²) in [6.07, 6.45) is 3.65. The molecule has 28 heavy (non-hydrogen) atoms. The van der Waals surface area contributed by atoms with Gasteiger partial charge in [0.25, 0.3) is 0 Å². The minimum atomic E-state index is -0.250. The summed E-state index contributed by atoms with van der Waals surface area (Å²) in [6.45, 7) is 6.32. The van der Waals surface area contributed by atoms with E-state index >= 15 is 0 Å². The first-order valence-corrected chi connectivity index (χ1v) is 9.20. The van der Waals surface area contributed by atoms with E-state index in [9.17, 15) is 4.79 Å². The van der Waals surface area contributed by atoms with Gasteiger partial charge in [-0.25, -0.2) is 4.79 Å². The normalized spacial score (nSPS) is 10.8. The minimum Gasteiger partial charge on any atom is -0.383 e. The van der Waals surface area contributed by atoms with Crippen LogP contribution in [-0.2, 0) is 24.4 Å². The Morgan fingerprint density at radius 1 is 1.25 bits per heavy atom. The fraction of sp³-hybridized carbons (Fsp3) is 0.350. The third-order valence-corrected chi connectivity index (χ3v) is 4.55. The topological polar surface area (TPSA) is 86.0 Å². The monoisotopic (exact) mass is 382 g/mol. The average Bonchev–Trinajstić information content (AvgIpc) is 3.27. The van der Waals surface area contributed by atoms with Gasteiger partial charge in [0.05, 0.1) is 25.4 Å². The highest BCUT2D eigenvalue weighted by Crippen LogP contribution is 2.14. The lowest BCUT2D eigenvalue weighted by atomic mass is 10.2. The number of aromatic nitrogens is 4. The van der Waals surface area contributed by atoms with Crippen molar-refractivity contribution in [2.45, 2.75) is 33.5 Å². The van der Waals surface area contributed by atoms with Crippen LogP contribution in [0.2, 0.25) is 0 Å². The Bertz CT molecular complexity index is 917. The molecule has 0 spiro atoms. The summed E-state index contributed by atoms with van der Waals surface area (Å²) >= 11 is 0. The Hall–Kier alpha value is -3.13. The van der Waals surface area contributed by atoms with E-state index in [4.69, 9.17) is 4.74 Å². The number of nitrogens with one attached hydrogen (secondary N) is 2. The second kappa shape index (κ2) is 9.18. The first-order chi connectivity index (χ1) is 13.6. The van der Waals surface area contributed by atoms with Gasteiger partial charge in [-0.3, -0.25) is 9.36 Å². The van der Waals surface area contributed by atoms with Crippen LogP contribution < -0.4 is 10.6 Å². The van der Waals surface area contributed by atoms with Gasteiger partial charge in [-0.1, -0.05) is 12.1 Å². The van der Waals surface area contributed by atoms with Crippen molar-refractivity contribution in [3.8, 4) is 0 Å². The molecule has 148 valence electrons. The molecule has 0 radical (unpaired) electrons. The predicted octanol–water partition coefficient (Wildman–Crippen LogP) is 2.71. The SMILES string of the molecule is COCCn1nc(C)c(CNC(=O)Nc2cccc(Cn3cccn3)c2)c1C. The maximum absolute atomic E-state index is 12.3.